The molecule has 26 heavy (non-hydrogen) atoms. The predicted molar refractivity (Wildman–Crippen MR) is 104 cm³/mol. The Hall–Kier alpha value is -0.950. The topological polar surface area (TPSA) is 111 Å². The first-order valence-electron chi connectivity index (χ1n) is 7.94. The number of nitrogens with zero attached hydrogens (tertiary/aromatic N) is 2. The lowest BCUT2D eigenvalue weighted by atomic mass is 10.3. The third-order valence-electron chi connectivity index (χ3n) is 3.82. The maximum Gasteiger partial charge on any atom is 0.301 e. The van der Waals surface area contributed by atoms with Crippen LogP contribution in [0.25, 0.3) is 0 Å². The number of rotatable bonds is 8. The molecule has 0 atom stereocenters. The van der Waals surface area contributed by atoms with E-state index >= 15 is 0 Å². The van der Waals surface area contributed by atoms with Gasteiger partial charge in [0.25, 0.3) is 0 Å². The zero-order chi connectivity index (χ0) is 18.5. The first-order valence-corrected chi connectivity index (χ1v) is 10.9. The van der Waals surface area contributed by atoms with Crippen LogP contribution in [0.4, 0.5) is 5.69 Å². The molecule has 0 aliphatic carbocycles. The van der Waals surface area contributed by atoms with Gasteiger partial charge in [0.2, 0.25) is 10.0 Å². The van der Waals surface area contributed by atoms with Crippen molar-refractivity contribution in [2.24, 2.45) is 0 Å². The van der Waals surface area contributed by atoms with E-state index in [2.05, 4.69) is 19.7 Å². The molecule has 0 aromatic heterocycles. The van der Waals surface area contributed by atoms with Gasteiger partial charge in [0.15, 0.2) is 0 Å². The standard InChI is InChI=1S/C14H25N5O4S2.ClH/c1-18(2)25(22,23)17-13-3-5-14(6-4-13)24(20,21)16-9-12-19-10-7-15-8-11-19;/h3-6,15-17H,7-12H2,1-2H3;1H. The molecule has 1 fully saturated rings. The average Bonchev–Trinajstić information content (AvgIpc) is 2.55. The van der Waals surface area contributed by atoms with Crippen LogP contribution in [0.2, 0.25) is 0 Å². The highest BCUT2D eigenvalue weighted by Gasteiger charge is 2.17. The van der Waals surface area contributed by atoms with Crippen LogP contribution in [-0.4, -0.2) is 79.4 Å². The maximum absolute atomic E-state index is 12.3. The molecule has 2 rings (SSSR count). The Kier molecular flexibility index (Phi) is 8.73. The SMILES string of the molecule is CN(C)S(=O)(=O)Nc1ccc(S(=O)(=O)NCCN2CCNCC2)cc1.Cl. The Labute approximate surface area is 161 Å². The summed E-state index contributed by atoms with van der Waals surface area (Å²) in [4.78, 5) is 2.29. The van der Waals surface area contributed by atoms with Gasteiger partial charge >= 0.3 is 10.2 Å². The van der Waals surface area contributed by atoms with Crippen molar-refractivity contribution in [2.75, 3.05) is 58.1 Å². The van der Waals surface area contributed by atoms with Crippen LogP contribution in [0.1, 0.15) is 0 Å². The molecule has 1 aromatic carbocycles. The largest absolute Gasteiger partial charge is 0.314 e. The molecule has 1 heterocycles. The summed E-state index contributed by atoms with van der Waals surface area (Å²) in [7, 11) is -4.42. The Morgan fingerprint density at radius 3 is 2.19 bits per heavy atom. The molecule has 9 nitrogen and oxygen atoms in total. The van der Waals surface area contributed by atoms with Crippen LogP contribution in [0, 0.1) is 0 Å². The number of piperazine rings is 1. The maximum atomic E-state index is 12.3. The highest BCUT2D eigenvalue weighted by molar-refractivity contribution is 7.90. The van der Waals surface area contributed by atoms with Crippen molar-refractivity contribution < 1.29 is 16.8 Å². The molecular formula is C14H26ClN5O4S2. The Morgan fingerprint density at radius 1 is 1.08 bits per heavy atom. The van der Waals surface area contributed by atoms with E-state index in [9.17, 15) is 16.8 Å². The zero-order valence-electron chi connectivity index (χ0n) is 14.8. The normalized spacial score (nSPS) is 16.3. The van der Waals surface area contributed by atoms with Crippen LogP contribution in [0.5, 0.6) is 0 Å². The van der Waals surface area contributed by atoms with Crippen molar-refractivity contribution >= 4 is 38.3 Å². The number of nitrogens with one attached hydrogen (secondary N) is 3. The van der Waals surface area contributed by atoms with Gasteiger partial charge in [-0.15, -0.1) is 12.4 Å². The number of hydrogen-bond acceptors (Lipinski definition) is 6. The summed E-state index contributed by atoms with van der Waals surface area (Å²) >= 11 is 0. The third kappa shape index (κ3) is 6.65. The van der Waals surface area contributed by atoms with Crippen molar-refractivity contribution in [1.82, 2.24) is 19.2 Å². The molecule has 150 valence electrons. The zero-order valence-corrected chi connectivity index (χ0v) is 17.3. The third-order valence-corrected chi connectivity index (χ3v) is 6.75. The van der Waals surface area contributed by atoms with Crippen LogP contribution < -0.4 is 14.8 Å². The fraction of sp³-hybridized carbons (Fsp3) is 0.571. The van der Waals surface area contributed by atoms with Gasteiger partial charge in [-0.25, -0.2) is 13.1 Å². The second kappa shape index (κ2) is 9.83. The minimum Gasteiger partial charge on any atom is -0.314 e. The summed E-state index contributed by atoms with van der Waals surface area (Å²) in [6, 6.07) is 5.60. The fourth-order valence-electron chi connectivity index (χ4n) is 2.30. The highest BCUT2D eigenvalue weighted by atomic mass is 35.5. The Balaban J connectivity index is 0.00000338. The van der Waals surface area contributed by atoms with Gasteiger partial charge in [0.1, 0.15) is 0 Å². The van der Waals surface area contributed by atoms with Gasteiger partial charge in [-0.2, -0.15) is 12.7 Å². The predicted octanol–water partition coefficient (Wildman–Crippen LogP) is -0.490. The van der Waals surface area contributed by atoms with E-state index in [1.165, 1.54) is 38.4 Å². The van der Waals surface area contributed by atoms with Crippen LogP contribution >= 0.6 is 12.4 Å². The van der Waals surface area contributed by atoms with E-state index < -0.39 is 20.2 Å². The number of sulfonamides is 1. The number of halogens is 1. The summed E-state index contributed by atoms with van der Waals surface area (Å²) in [5.74, 6) is 0. The van der Waals surface area contributed by atoms with E-state index in [0.29, 0.717) is 18.8 Å². The quantitative estimate of drug-likeness (QED) is 0.516. The van der Waals surface area contributed by atoms with Gasteiger partial charge in [-0.3, -0.25) is 9.62 Å². The molecule has 0 saturated carbocycles. The highest BCUT2D eigenvalue weighted by Crippen LogP contribution is 2.15. The lowest BCUT2D eigenvalue weighted by Gasteiger charge is -2.27. The van der Waals surface area contributed by atoms with Crippen LogP contribution in [0.3, 0.4) is 0 Å². The Morgan fingerprint density at radius 2 is 1.65 bits per heavy atom. The minimum absolute atomic E-state index is 0. The van der Waals surface area contributed by atoms with E-state index in [1.807, 2.05) is 0 Å². The molecule has 0 spiro atoms. The summed E-state index contributed by atoms with van der Waals surface area (Å²) < 4.78 is 54.0. The molecule has 1 aromatic rings. The van der Waals surface area contributed by atoms with Gasteiger partial charge < -0.3 is 5.32 Å². The van der Waals surface area contributed by atoms with E-state index in [1.54, 1.807) is 0 Å². The van der Waals surface area contributed by atoms with Gasteiger partial charge in [0.05, 0.1) is 4.90 Å². The first kappa shape index (κ1) is 23.1. The van der Waals surface area contributed by atoms with Crippen molar-refractivity contribution in [3.63, 3.8) is 0 Å². The van der Waals surface area contributed by atoms with Crippen molar-refractivity contribution in [2.45, 2.75) is 4.90 Å². The smallest absolute Gasteiger partial charge is 0.301 e. The molecule has 1 saturated heterocycles. The summed E-state index contributed by atoms with van der Waals surface area (Å²) in [6.45, 7) is 4.62. The number of benzene rings is 1. The monoisotopic (exact) mass is 427 g/mol. The summed E-state index contributed by atoms with van der Waals surface area (Å²) in [6.07, 6.45) is 0. The van der Waals surface area contributed by atoms with Gasteiger partial charge in [0, 0.05) is 59.1 Å². The summed E-state index contributed by atoms with van der Waals surface area (Å²) in [5, 5.41) is 3.24. The van der Waals surface area contributed by atoms with E-state index in [-0.39, 0.29) is 17.3 Å². The fourth-order valence-corrected chi connectivity index (χ4v) is 3.94. The first-order chi connectivity index (χ1) is 11.7. The molecule has 1 aliphatic rings. The van der Waals surface area contributed by atoms with Crippen molar-refractivity contribution in [1.29, 1.82) is 0 Å². The van der Waals surface area contributed by atoms with Crippen molar-refractivity contribution in [3.8, 4) is 0 Å². The molecule has 0 unspecified atom stereocenters. The molecule has 3 N–H and O–H groups in total. The average molecular weight is 428 g/mol. The van der Waals surface area contributed by atoms with E-state index in [4.69, 9.17) is 0 Å². The molecule has 0 amide bonds. The van der Waals surface area contributed by atoms with Gasteiger partial charge in [-0.1, -0.05) is 0 Å². The molecule has 12 heteroatoms. The van der Waals surface area contributed by atoms with Gasteiger partial charge in [-0.05, 0) is 24.3 Å². The molecule has 0 radical (unpaired) electrons. The summed E-state index contributed by atoms with van der Waals surface area (Å²) in [5.41, 5.74) is 0.300. The Bertz CT molecular complexity index is 763. The lowest BCUT2D eigenvalue weighted by Crippen LogP contribution is -2.46. The molecule has 0 bridgehead atoms. The molecule has 1 aliphatic heterocycles. The van der Waals surface area contributed by atoms with Crippen molar-refractivity contribution in [3.05, 3.63) is 24.3 Å². The molecular weight excluding hydrogens is 402 g/mol. The second-order valence-corrected chi connectivity index (χ2v) is 9.55. The van der Waals surface area contributed by atoms with Crippen LogP contribution in [0.15, 0.2) is 29.2 Å². The number of hydrogen-bond donors (Lipinski definition) is 3. The second-order valence-electron chi connectivity index (χ2n) is 5.90. The van der Waals surface area contributed by atoms with E-state index in [0.717, 1.165) is 30.5 Å². The minimum atomic E-state index is -3.62. The number of anilines is 1. The lowest BCUT2D eigenvalue weighted by molar-refractivity contribution is 0.245. The van der Waals surface area contributed by atoms with Crippen LogP contribution in [-0.2, 0) is 20.2 Å².